The van der Waals surface area contributed by atoms with Gasteiger partial charge in [0, 0.05) is 12.2 Å². The SMILES string of the molecule is CN(CC(=O)Nc1ccc(OC(F)F)cc1)Cc1ccc2c(c1)OCO2. The van der Waals surface area contributed by atoms with Gasteiger partial charge < -0.3 is 19.5 Å². The molecule has 2 aromatic carbocycles. The molecule has 138 valence electrons. The molecule has 0 fully saturated rings. The lowest BCUT2D eigenvalue weighted by Gasteiger charge is -2.16. The van der Waals surface area contributed by atoms with Crippen LogP contribution in [0.3, 0.4) is 0 Å². The molecule has 0 aromatic heterocycles. The van der Waals surface area contributed by atoms with Crippen molar-refractivity contribution in [3.8, 4) is 17.2 Å². The van der Waals surface area contributed by atoms with Crippen LogP contribution in [0.1, 0.15) is 5.56 Å². The number of nitrogens with one attached hydrogen (secondary N) is 1. The minimum absolute atomic E-state index is 0.0397. The summed E-state index contributed by atoms with van der Waals surface area (Å²) in [4.78, 5) is 14.0. The monoisotopic (exact) mass is 364 g/mol. The van der Waals surface area contributed by atoms with E-state index in [-0.39, 0.29) is 25.0 Å². The van der Waals surface area contributed by atoms with Crippen molar-refractivity contribution in [3.63, 3.8) is 0 Å². The molecule has 0 bridgehead atoms. The first kappa shape index (κ1) is 17.9. The Kier molecular flexibility index (Phi) is 5.52. The summed E-state index contributed by atoms with van der Waals surface area (Å²) < 4.78 is 39.1. The maximum absolute atomic E-state index is 12.1. The first-order valence-electron chi connectivity index (χ1n) is 7.91. The summed E-state index contributed by atoms with van der Waals surface area (Å²) >= 11 is 0. The van der Waals surface area contributed by atoms with Gasteiger partial charge >= 0.3 is 6.61 Å². The average Bonchev–Trinajstić information content (AvgIpc) is 3.03. The van der Waals surface area contributed by atoms with Gasteiger partial charge in [0.2, 0.25) is 12.7 Å². The van der Waals surface area contributed by atoms with Crippen LogP contribution in [0.4, 0.5) is 14.5 Å². The predicted molar refractivity (Wildman–Crippen MR) is 90.6 cm³/mol. The molecule has 1 aliphatic rings. The van der Waals surface area contributed by atoms with Gasteiger partial charge in [-0.2, -0.15) is 8.78 Å². The number of alkyl halides is 2. The van der Waals surface area contributed by atoms with Crippen molar-refractivity contribution < 1.29 is 27.8 Å². The molecule has 0 spiro atoms. The lowest BCUT2D eigenvalue weighted by atomic mass is 10.2. The molecular weight excluding hydrogens is 346 g/mol. The van der Waals surface area contributed by atoms with Gasteiger partial charge in [-0.15, -0.1) is 0 Å². The van der Waals surface area contributed by atoms with Crippen molar-refractivity contribution in [3.05, 3.63) is 48.0 Å². The molecule has 0 unspecified atom stereocenters. The molecular formula is C18H18F2N2O4. The number of benzene rings is 2. The predicted octanol–water partition coefficient (Wildman–Crippen LogP) is 3.09. The van der Waals surface area contributed by atoms with E-state index in [1.165, 1.54) is 24.3 Å². The van der Waals surface area contributed by atoms with Crippen LogP contribution in [0.5, 0.6) is 17.2 Å². The molecule has 1 N–H and O–H groups in total. The summed E-state index contributed by atoms with van der Waals surface area (Å²) in [7, 11) is 1.82. The highest BCUT2D eigenvalue weighted by atomic mass is 19.3. The minimum Gasteiger partial charge on any atom is -0.454 e. The smallest absolute Gasteiger partial charge is 0.387 e. The lowest BCUT2D eigenvalue weighted by molar-refractivity contribution is -0.117. The second kappa shape index (κ2) is 8.01. The maximum Gasteiger partial charge on any atom is 0.387 e. The second-order valence-electron chi connectivity index (χ2n) is 5.81. The fraction of sp³-hybridized carbons (Fsp3) is 0.278. The standard InChI is InChI=1S/C18H18F2N2O4/c1-22(9-12-2-7-15-16(8-12)25-11-24-15)10-17(23)21-13-3-5-14(6-4-13)26-18(19)20/h2-8,18H,9-11H2,1H3,(H,21,23). The molecule has 3 rings (SSSR count). The lowest BCUT2D eigenvalue weighted by Crippen LogP contribution is -2.29. The largest absolute Gasteiger partial charge is 0.454 e. The Bertz CT molecular complexity index is 768. The molecule has 2 aromatic rings. The quantitative estimate of drug-likeness (QED) is 0.818. The van der Waals surface area contributed by atoms with E-state index in [9.17, 15) is 13.6 Å². The molecule has 1 amide bonds. The Morgan fingerprint density at radius 2 is 1.92 bits per heavy atom. The summed E-state index contributed by atoms with van der Waals surface area (Å²) in [6.07, 6.45) is 0. The zero-order valence-corrected chi connectivity index (χ0v) is 14.1. The van der Waals surface area contributed by atoms with Crippen molar-refractivity contribution in [2.45, 2.75) is 13.2 Å². The number of halogens is 2. The van der Waals surface area contributed by atoms with Crippen molar-refractivity contribution in [1.29, 1.82) is 0 Å². The summed E-state index contributed by atoms with van der Waals surface area (Å²) in [5, 5.41) is 2.71. The molecule has 0 aliphatic carbocycles. The third kappa shape index (κ3) is 4.82. The Hall–Kier alpha value is -2.87. The third-order valence-corrected chi connectivity index (χ3v) is 3.67. The summed E-state index contributed by atoms with van der Waals surface area (Å²) in [5.74, 6) is 1.24. The Labute approximate surface area is 149 Å². The molecule has 1 aliphatic heterocycles. The zero-order chi connectivity index (χ0) is 18.5. The van der Waals surface area contributed by atoms with Gasteiger partial charge in [-0.25, -0.2) is 0 Å². The number of likely N-dealkylation sites (N-methyl/N-ethyl adjacent to an activating group) is 1. The van der Waals surface area contributed by atoms with E-state index in [1.807, 2.05) is 30.1 Å². The first-order valence-corrected chi connectivity index (χ1v) is 7.91. The Morgan fingerprint density at radius 3 is 2.65 bits per heavy atom. The van der Waals surface area contributed by atoms with E-state index < -0.39 is 6.61 Å². The summed E-state index contributed by atoms with van der Waals surface area (Å²) in [5.41, 5.74) is 1.51. The summed E-state index contributed by atoms with van der Waals surface area (Å²) in [6, 6.07) is 11.4. The van der Waals surface area contributed by atoms with Crippen molar-refractivity contribution in [2.75, 3.05) is 25.7 Å². The maximum atomic E-state index is 12.1. The molecule has 26 heavy (non-hydrogen) atoms. The molecule has 0 saturated heterocycles. The number of carbonyl (C=O) groups excluding carboxylic acids is 1. The van der Waals surface area contributed by atoms with Crippen molar-refractivity contribution in [2.24, 2.45) is 0 Å². The fourth-order valence-electron chi connectivity index (χ4n) is 2.57. The molecule has 0 atom stereocenters. The third-order valence-electron chi connectivity index (χ3n) is 3.67. The normalized spacial score (nSPS) is 12.5. The van der Waals surface area contributed by atoms with Crippen LogP contribution in [-0.2, 0) is 11.3 Å². The Balaban J connectivity index is 1.49. The van der Waals surface area contributed by atoms with Crippen LogP contribution in [0.15, 0.2) is 42.5 Å². The number of ether oxygens (including phenoxy) is 3. The number of fused-ring (bicyclic) bond motifs is 1. The number of anilines is 1. The van der Waals surface area contributed by atoms with Crippen LogP contribution >= 0.6 is 0 Å². The number of hydrogen-bond donors (Lipinski definition) is 1. The fourth-order valence-corrected chi connectivity index (χ4v) is 2.57. The van der Waals surface area contributed by atoms with E-state index in [1.54, 1.807) is 0 Å². The van der Waals surface area contributed by atoms with Gasteiger partial charge in [0.25, 0.3) is 0 Å². The van der Waals surface area contributed by atoms with E-state index in [2.05, 4.69) is 10.1 Å². The van der Waals surface area contributed by atoms with E-state index >= 15 is 0 Å². The van der Waals surface area contributed by atoms with Gasteiger partial charge in [0.15, 0.2) is 11.5 Å². The highest BCUT2D eigenvalue weighted by Crippen LogP contribution is 2.32. The topological polar surface area (TPSA) is 60.0 Å². The average molecular weight is 364 g/mol. The van der Waals surface area contributed by atoms with Crippen LogP contribution < -0.4 is 19.5 Å². The second-order valence-corrected chi connectivity index (χ2v) is 5.81. The van der Waals surface area contributed by atoms with E-state index in [4.69, 9.17) is 9.47 Å². The van der Waals surface area contributed by atoms with Gasteiger partial charge in [0.05, 0.1) is 6.54 Å². The van der Waals surface area contributed by atoms with Crippen LogP contribution in [0.2, 0.25) is 0 Å². The first-order chi connectivity index (χ1) is 12.5. The van der Waals surface area contributed by atoms with E-state index in [0.29, 0.717) is 23.7 Å². The number of rotatable bonds is 7. The van der Waals surface area contributed by atoms with Crippen LogP contribution in [0, 0.1) is 0 Å². The van der Waals surface area contributed by atoms with Gasteiger partial charge in [-0.3, -0.25) is 9.69 Å². The molecule has 0 radical (unpaired) electrons. The number of nitrogens with zero attached hydrogens (tertiary/aromatic N) is 1. The van der Waals surface area contributed by atoms with Crippen molar-refractivity contribution >= 4 is 11.6 Å². The highest BCUT2D eigenvalue weighted by molar-refractivity contribution is 5.92. The van der Waals surface area contributed by atoms with Gasteiger partial charge in [0.1, 0.15) is 5.75 Å². The van der Waals surface area contributed by atoms with Gasteiger partial charge in [-0.05, 0) is 49.0 Å². The van der Waals surface area contributed by atoms with E-state index in [0.717, 1.165) is 5.56 Å². The molecule has 8 heteroatoms. The van der Waals surface area contributed by atoms with Crippen LogP contribution in [-0.4, -0.2) is 37.8 Å². The van der Waals surface area contributed by atoms with Crippen molar-refractivity contribution in [1.82, 2.24) is 4.90 Å². The zero-order valence-electron chi connectivity index (χ0n) is 14.1. The van der Waals surface area contributed by atoms with Gasteiger partial charge in [-0.1, -0.05) is 6.07 Å². The number of amides is 1. The Morgan fingerprint density at radius 1 is 1.19 bits per heavy atom. The highest BCUT2D eigenvalue weighted by Gasteiger charge is 2.14. The van der Waals surface area contributed by atoms with Crippen LogP contribution in [0.25, 0.3) is 0 Å². The molecule has 6 nitrogen and oxygen atoms in total. The molecule has 0 saturated carbocycles. The number of hydrogen-bond acceptors (Lipinski definition) is 5. The number of carbonyl (C=O) groups is 1. The summed E-state index contributed by atoms with van der Waals surface area (Å²) in [6.45, 7) is -1.92. The molecule has 1 heterocycles. The minimum atomic E-state index is -2.87.